The number of ether oxygens (including phenoxy) is 2. The third-order valence-corrected chi connectivity index (χ3v) is 6.87. The molecular weight excluding hydrogens is 440 g/mol. The molecule has 0 saturated carbocycles. The molecule has 174 valence electrons. The van der Waals surface area contributed by atoms with Gasteiger partial charge in [-0.05, 0) is 30.7 Å². The number of unbranched alkanes of at least 4 members (excludes halogenated alkanes) is 1. The SMILES string of the molecule is CCCCN1CC[N+](CCc2ccc3c(c2)OCO3)(c2cc(Cl)nc(-n3ccnc3)n2)CC1. The van der Waals surface area contributed by atoms with Gasteiger partial charge in [0.25, 0.3) is 0 Å². The molecule has 2 aromatic heterocycles. The number of aromatic nitrogens is 4. The molecule has 0 unspecified atom stereocenters. The highest BCUT2D eigenvalue weighted by molar-refractivity contribution is 6.29. The highest BCUT2D eigenvalue weighted by atomic mass is 35.5. The van der Waals surface area contributed by atoms with Crippen LogP contribution in [0, 0.1) is 0 Å². The van der Waals surface area contributed by atoms with Gasteiger partial charge >= 0.3 is 0 Å². The summed E-state index contributed by atoms with van der Waals surface area (Å²) >= 11 is 6.49. The first-order valence-electron chi connectivity index (χ1n) is 11.7. The molecule has 2 aliphatic rings. The van der Waals surface area contributed by atoms with Gasteiger partial charge < -0.3 is 9.47 Å². The summed E-state index contributed by atoms with van der Waals surface area (Å²) < 4.78 is 13.6. The summed E-state index contributed by atoms with van der Waals surface area (Å²) in [4.78, 5) is 16.1. The smallest absolute Gasteiger partial charge is 0.241 e. The summed E-state index contributed by atoms with van der Waals surface area (Å²) in [7, 11) is 0. The van der Waals surface area contributed by atoms with Crippen LogP contribution < -0.4 is 14.0 Å². The third kappa shape index (κ3) is 4.83. The molecule has 2 aliphatic heterocycles. The third-order valence-electron chi connectivity index (χ3n) is 6.67. The average Bonchev–Trinajstić information content (AvgIpc) is 3.54. The van der Waals surface area contributed by atoms with Crippen molar-refractivity contribution in [3.8, 4) is 17.4 Å². The Morgan fingerprint density at radius 3 is 2.73 bits per heavy atom. The minimum absolute atomic E-state index is 0.294. The molecule has 0 aliphatic carbocycles. The van der Waals surface area contributed by atoms with Gasteiger partial charge in [-0.15, -0.1) is 0 Å². The number of halogens is 1. The van der Waals surface area contributed by atoms with E-state index >= 15 is 0 Å². The molecule has 0 bridgehead atoms. The Hall–Kier alpha value is -2.68. The number of imidazole rings is 1. The predicted molar refractivity (Wildman–Crippen MR) is 128 cm³/mol. The van der Waals surface area contributed by atoms with Gasteiger partial charge in [0, 0.05) is 31.9 Å². The van der Waals surface area contributed by atoms with E-state index in [2.05, 4.69) is 33.9 Å². The Labute approximate surface area is 199 Å². The summed E-state index contributed by atoms with van der Waals surface area (Å²) in [6.07, 6.45) is 8.63. The van der Waals surface area contributed by atoms with Crippen molar-refractivity contribution in [1.29, 1.82) is 0 Å². The summed E-state index contributed by atoms with van der Waals surface area (Å²) in [6.45, 7) is 8.70. The van der Waals surface area contributed by atoms with E-state index < -0.39 is 0 Å². The second-order valence-corrected chi connectivity index (χ2v) is 9.15. The maximum atomic E-state index is 6.49. The molecule has 1 fully saturated rings. The van der Waals surface area contributed by atoms with Crippen molar-refractivity contribution in [2.45, 2.75) is 26.2 Å². The van der Waals surface area contributed by atoms with E-state index in [1.54, 1.807) is 17.1 Å². The van der Waals surface area contributed by atoms with E-state index in [0.29, 0.717) is 17.9 Å². The summed E-state index contributed by atoms with van der Waals surface area (Å²) in [5.41, 5.74) is 1.24. The van der Waals surface area contributed by atoms with Crippen LogP contribution in [0.4, 0.5) is 5.82 Å². The molecule has 8 nitrogen and oxygen atoms in total. The first-order chi connectivity index (χ1) is 16.1. The number of rotatable bonds is 8. The Morgan fingerprint density at radius 1 is 1.09 bits per heavy atom. The molecule has 0 spiro atoms. The zero-order chi connectivity index (χ0) is 22.7. The van der Waals surface area contributed by atoms with Crippen molar-refractivity contribution in [3.63, 3.8) is 0 Å². The molecule has 1 aromatic carbocycles. The van der Waals surface area contributed by atoms with E-state index in [1.807, 2.05) is 18.3 Å². The number of hydrogen-bond donors (Lipinski definition) is 0. The number of fused-ring (bicyclic) bond motifs is 1. The number of nitrogens with zero attached hydrogens (tertiary/aromatic N) is 6. The number of benzene rings is 1. The highest BCUT2D eigenvalue weighted by Crippen LogP contribution is 2.33. The average molecular weight is 470 g/mol. The first kappa shape index (κ1) is 22.1. The van der Waals surface area contributed by atoms with E-state index in [1.165, 1.54) is 18.4 Å². The lowest BCUT2D eigenvalue weighted by Gasteiger charge is -2.43. The zero-order valence-electron chi connectivity index (χ0n) is 19.0. The lowest BCUT2D eigenvalue weighted by Crippen LogP contribution is -2.62. The highest BCUT2D eigenvalue weighted by Gasteiger charge is 2.37. The standard InChI is InChI=1S/C24H30ClN6O2/c1-2-3-8-29-10-13-31(14-11-29,12-6-19-4-5-20-21(15-19)33-18-32-20)23-16-22(25)27-24(28-23)30-9-7-26-17-30/h4-5,7,9,15-17H,2-3,6,8,10-14,18H2,1H3/q+1. The van der Waals surface area contributed by atoms with Crippen LogP contribution in [0.2, 0.25) is 5.15 Å². The quantitative estimate of drug-likeness (QED) is 0.370. The van der Waals surface area contributed by atoms with Crippen LogP contribution in [0.3, 0.4) is 0 Å². The second-order valence-electron chi connectivity index (χ2n) is 8.77. The maximum Gasteiger partial charge on any atom is 0.241 e. The van der Waals surface area contributed by atoms with E-state index in [-0.39, 0.29) is 0 Å². The molecule has 0 atom stereocenters. The molecule has 3 aromatic rings. The van der Waals surface area contributed by atoms with Crippen molar-refractivity contribution >= 4 is 17.4 Å². The fourth-order valence-electron chi connectivity index (χ4n) is 4.63. The molecule has 5 rings (SSSR count). The molecule has 9 heteroatoms. The molecule has 1 saturated heterocycles. The van der Waals surface area contributed by atoms with Crippen LogP contribution >= 0.6 is 11.6 Å². The molecule has 0 N–H and O–H groups in total. The normalized spacial score (nSPS) is 17.4. The Balaban J connectivity index is 1.42. The fraction of sp³-hybridized carbons (Fsp3) is 0.458. The zero-order valence-corrected chi connectivity index (χ0v) is 19.7. The lowest BCUT2D eigenvalue weighted by atomic mass is 10.1. The van der Waals surface area contributed by atoms with Crippen LogP contribution in [0.15, 0.2) is 43.0 Å². The first-order valence-corrected chi connectivity index (χ1v) is 12.0. The van der Waals surface area contributed by atoms with Gasteiger partial charge in [0.1, 0.15) is 11.5 Å². The number of piperazine rings is 1. The van der Waals surface area contributed by atoms with Crippen molar-refractivity contribution in [1.82, 2.24) is 28.9 Å². The fourth-order valence-corrected chi connectivity index (χ4v) is 4.80. The molecule has 0 amide bonds. The summed E-state index contributed by atoms with van der Waals surface area (Å²) in [5.74, 6) is 3.18. The van der Waals surface area contributed by atoms with Crippen molar-refractivity contribution in [2.75, 3.05) is 46.1 Å². The van der Waals surface area contributed by atoms with Gasteiger partial charge in [0.2, 0.25) is 18.6 Å². The second kappa shape index (κ2) is 9.67. The van der Waals surface area contributed by atoms with E-state index in [9.17, 15) is 0 Å². The van der Waals surface area contributed by atoms with Crippen LogP contribution in [0.5, 0.6) is 11.5 Å². The van der Waals surface area contributed by atoms with Crippen molar-refractivity contribution < 1.29 is 9.47 Å². The van der Waals surface area contributed by atoms with E-state index in [4.69, 9.17) is 26.1 Å². The Bertz CT molecular complexity index is 1080. The topological polar surface area (TPSA) is 65.3 Å². The van der Waals surface area contributed by atoms with Gasteiger partial charge in [-0.25, -0.2) is 4.98 Å². The minimum Gasteiger partial charge on any atom is -0.454 e. The monoisotopic (exact) mass is 469 g/mol. The van der Waals surface area contributed by atoms with Gasteiger partial charge in [0.15, 0.2) is 11.5 Å². The van der Waals surface area contributed by atoms with Gasteiger partial charge in [-0.1, -0.05) is 31.0 Å². The van der Waals surface area contributed by atoms with Crippen LogP contribution in [0.1, 0.15) is 25.3 Å². The van der Waals surface area contributed by atoms with Crippen LogP contribution in [-0.2, 0) is 6.42 Å². The molecule has 0 radical (unpaired) electrons. The minimum atomic E-state index is 0.294. The Kier molecular flexibility index (Phi) is 6.48. The van der Waals surface area contributed by atoms with Crippen molar-refractivity contribution in [3.05, 3.63) is 53.7 Å². The van der Waals surface area contributed by atoms with Crippen molar-refractivity contribution in [2.24, 2.45) is 0 Å². The summed E-state index contributed by atoms with van der Waals surface area (Å²) in [5, 5.41) is 0.456. The van der Waals surface area contributed by atoms with E-state index in [0.717, 1.165) is 67.5 Å². The number of quaternary nitrogens is 1. The van der Waals surface area contributed by atoms with Gasteiger partial charge in [-0.3, -0.25) is 14.0 Å². The predicted octanol–water partition coefficient (Wildman–Crippen LogP) is 3.71. The van der Waals surface area contributed by atoms with Crippen LogP contribution in [-0.4, -0.2) is 70.5 Å². The lowest BCUT2D eigenvalue weighted by molar-refractivity contribution is 0.131. The molecular formula is C24H30ClN6O2+. The Morgan fingerprint density at radius 2 is 1.94 bits per heavy atom. The van der Waals surface area contributed by atoms with Gasteiger partial charge in [-0.2, -0.15) is 9.97 Å². The van der Waals surface area contributed by atoms with Gasteiger partial charge in [0.05, 0.1) is 25.7 Å². The maximum absolute atomic E-state index is 6.49. The largest absolute Gasteiger partial charge is 0.454 e. The molecule has 33 heavy (non-hydrogen) atoms. The van der Waals surface area contributed by atoms with Crippen LogP contribution in [0.25, 0.3) is 5.95 Å². The number of hydrogen-bond acceptors (Lipinski definition) is 6. The molecule has 4 heterocycles. The summed E-state index contributed by atoms with van der Waals surface area (Å²) in [6, 6.07) is 8.17.